The van der Waals surface area contributed by atoms with E-state index in [2.05, 4.69) is 22.2 Å². The molecule has 112 valence electrons. The summed E-state index contributed by atoms with van der Waals surface area (Å²) in [5, 5.41) is 12.6. The van der Waals surface area contributed by atoms with Crippen molar-refractivity contribution in [3.05, 3.63) is 0 Å². The van der Waals surface area contributed by atoms with Crippen molar-refractivity contribution in [2.24, 2.45) is 0 Å². The van der Waals surface area contributed by atoms with Crippen molar-refractivity contribution in [1.82, 2.24) is 15.1 Å². The lowest BCUT2D eigenvalue weighted by Crippen LogP contribution is -2.54. The summed E-state index contributed by atoms with van der Waals surface area (Å²) < 4.78 is 0. The van der Waals surface area contributed by atoms with Crippen LogP contribution in [0, 0.1) is 0 Å². The topological polar surface area (TPSA) is 55.8 Å². The van der Waals surface area contributed by atoms with Gasteiger partial charge < -0.3 is 14.9 Å². The molecule has 1 rings (SSSR count). The minimum Gasteiger partial charge on any atom is -0.480 e. The first kappa shape index (κ1) is 16.4. The third-order valence-corrected chi connectivity index (χ3v) is 3.82. The van der Waals surface area contributed by atoms with Gasteiger partial charge in [0.05, 0.1) is 0 Å². The maximum Gasteiger partial charge on any atom is 0.323 e. The molecule has 1 unspecified atom stereocenters. The number of likely N-dealkylation sites (N-methyl/N-ethyl adjacent to an activating group) is 1. The number of aliphatic carboxylic acids is 1. The fourth-order valence-corrected chi connectivity index (χ4v) is 2.58. The molecule has 0 aromatic rings. The Kier molecular flexibility index (Phi) is 6.23. The first-order valence-electron chi connectivity index (χ1n) is 7.25. The Morgan fingerprint density at radius 1 is 1.32 bits per heavy atom. The zero-order valence-electron chi connectivity index (χ0n) is 12.8. The summed E-state index contributed by atoms with van der Waals surface area (Å²) >= 11 is 0. The van der Waals surface area contributed by atoms with Crippen LogP contribution in [-0.2, 0) is 4.79 Å². The first-order valence-corrected chi connectivity index (χ1v) is 7.25. The fraction of sp³-hybridized carbons (Fsp3) is 0.929. The lowest BCUT2D eigenvalue weighted by Gasteiger charge is -2.31. The Morgan fingerprint density at radius 2 is 2.00 bits per heavy atom. The van der Waals surface area contributed by atoms with Crippen molar-refractivity contribution >= 4 is 5.97 Å². The van der Waals surface area contributed by atoms with Gasteiger partial charge in [-0.1, -0.05) is 0 Å². The summed E-state index contributed by atoms with van der Waals surface area (Å²) in [7, 11) is 2.14. The highest BCUT2D eigenvalue weighted by Crippen LogP contribution is 2.13. The standard InChI is InChI=1S/C14H29N3O2/c1-12(2)15-14(3,13(18)19)6-9-17-8-5-7-16(4)10-11-17/h12,15H,5-11H2,1-4H3,(H,18,19). The molecule has 0 bridgehead atoms. The third-order valence-electron chi connectivity index (χ3n) is 3.82. The lowest BCUT2D eigenvalue weighted by atomic mass is 9.96. The molecule has 2 N–H and O–H groups in total. The second-order valence-electron chi connectivity index (χ2n) is 6.18. The molecular formula is C14H29N3O2. The van der Waals surface area contributed by atoms with Gasteiger partial charge in [-0.05, 0) is 53.8 Å². The van der Waals surface area contributed by atoms with E-state index >= 15 is 0 Å². The van der Waals surface area contributed by atoms with Crippen molar-refractivity contribution in [2.75, 3.05) is 39.8 Å². The van der Waals surface area contributed by atoms with Gasteiger partial charge in [-0.2, -0.15) is 0 Å². The molecule has 0 saturated carbocycles. The largest absolute Gasteiger partial charge is 0.480 e. The highest BCUT2D eigenvalue weighted by Gasteiger charge is 2.33. The van der Waals surface area contributed by atoms with Gasteiger partial charge in [0, 0.05) is 25.7 Å². The molecule has 0 aromatic carbocycles. The van der Waals surface area contributed by atoms with E-state index in [0.717, 1.165) is 39.1 Å². The van der Waals surface area contributed by atoms with Crippen LogP contribution in [0.5, 0.6) is 0 Å². The number of carbonyl (C=O) groups is 1. The molecular weight excluding hydrogens is 242 g/mol. The van der Waals surface area contributed by atoms with Gasteiger partial charge in [0.2, 0.25) is 0 Å². The molecule has 1 heterocycles. The predicted molar refractivity (Wildman–Crippen MR) is 77.5 cm³/mol. The van der Waals surface area contributed by atoms with E-state index in [1.54, 1.807) is 6.92 Å². The summed E-state index contributed by atoms with van der Waals surface area (Å²) in [6, 6.07) is 0.177. The number of nitrogens with one attached hydrogen (secondary N) is 1. The number of hydrogen-bond donors (Lipinski definition) is 2. The summed E-state index contributed by atoms with van der Waals surface area (Å²) in [4.78, 5) is 16.2. The molecule has 0 spiro atoms. The van der Waals surface area contributed by atoms with Crippen LogP contribution in [0.3, 0.4) is 0 Å². The number of carboxylic acids is 1. The molecule has 0 aliphatic carbocycles. The highest BCUT2D eigenvalue weighted by atomic mass is 16.4. The molecule has 5 heteroatoms. The van der Waals surface area contributed by atoms with Crippen LogP contribution in [0.2, 0.25) is 0 Å². The van der Waals surface area contributed by atoms with E-state index in [9.17, 15) is 9.90 Å². The van der Waals surface area contributed by atoms with Crippen molar-refractivity contribution in [3.8, 4) is 0 Å². The maximum absolute atomic E-state index is 11.5. The fourth-order valence-electron chi connectivity index (χ4n) is 2.58. The Morgan fingerprint density at radius 3 is 2.58 bits per heavy atom. The van der Waals surface area contributed by atoms with Crippen molar-refractivity contribution in [2.45, 2.75) is 45.2 Å². The van der Waals surface area contributed by atoms with Crippen molar-refractivity contribution in [1.29, 1.82) is 0 Å². The summed E-state index contributed by atoms with van der Waals surface area (Å²) in [5.74, 6) is -0.756. The maximum atomic E-state index is 11.5. The second kappa shape index (κ2) is 7.22. The minimum atomic E-state index is -0.827. The average Bonchev–Trinajstić information content (AvgIpc) is 2.50. The molecule has 1 saturated heterocycles. The van der Waals surface area contributed by atoms with Crippen LogP contribution in [-0.4, -0.2) is 72.2 Å². The molecule has 1 fully saturated rings. The van der Waals surface area contributed by atoms with Gasteiger partial charge in [0.1, 0.15) is 5.54 Å². The van der Waals surface area contributed by atoms with Crippen LogP contribution in [0.25, 0.3) is 0 Å². The van der Waals surface area contributed by atoms with Gasteiger partial charge >= 0.3 is 5.97 Å². The number of nitrogens with zero attached hydrogens (tertiary/aromatic N) is 2. The van der Waals surface area contributed by atoms with Crippen LogP contribution in [0.15, 0.2) is 0 Å². The normalized spacial score (nSPS) is 22.2. The highest BCUT2D eigenvalue weighted by molar-refractivity contribution is 5.78. The minimum absolute atomic E-state index is 0.177. The summed E-state index contributed by atoms with van der Waals surface area (Å²) in [6.45, 7) is 10.9. The van der Waals surface area contributed by atoms with Gasteiger partial charge in [0.25, 0.3) is 0 Å². The van der Waals surface area contributed by atoms with Gasteiger partial charge in [-0.3, -0.25) is 10.1 Å². The quantitative estimate of drug-likeness (QED) is 0.750. The molecule has 0 amide bonds. The molecule has 5 nitrogen and oxygen atoms in total. The predicted octanol–water partition coefficient (Wildman–Crippen LogP) is 0.855. The molecule has 0 radical (unpaired) electrons. The Balaban J connectivity index is 2.49. The van der Waals surface area contributed by atoms with E-state index < -0.39 is 11.5 Å². The van der Waals surface area contributed by atoms with E-state index in [1.807, 2.05) is 13.8 Å². The van der Waals surface area contributed by atoms with Crippen LogP contribution in [0.4, 0.5) is 0 Å². The Hall–Kier alpha value is -0.650. The zero-order valence-corrected chi connectivity index (χ0v) is 12.8. The van der Waals surface area contributed by atoms with Crippen molar-refractivity contribution in [3.63, 3.8) is 0 Å². The molecule has 1 aliphatic heterocycles. The van der Waals surface area contributed by atoms with E-state index in [-0.39, 0.29) is 6.04 Å². The Bertz CT molecular complexity index is 296. The lowest BCUT2D eigenvalue weighted by molar-refractivity contribution is -0.145. The zero-order chi connectivity index (χ0) is 14.5. The third kappa shape index (κ3) is 5.47. The second-order valence-corrected chi connectivity index (χ2v) is 6.18. The molecule has 0 aromatic heterocycles. The van der Waals surface area contributed by atoms with E-state index in [1.165, 1.54) is 0 Å². The van der Waals surface area contributed by atoms with Gasteiger partial charge in [-0.15, -0.1) is 0 Å². The molecule has 1 aliphatic rings. The van der Waals surface area contributed by atoms with E-state index in [4.69, 9.17) is 0 Å². The SMILES string of the molecule is CC(C)NC(C)(CCN1CCCN(C)CC1)C(=O)O. The van der Waals surface area contributed by atoms with Crippen LogP contribution < -0.4 is 5.32 Å². The monoisotopic (exact) mass is 271 g/mol. The summed E-state index contributed by atoms with van der Waals surface area (Å²) in [6.07, 6.45) is 1.81. The molecule has 19 heavy (non-hydrogen) atoms. The average molecular weight is 271 g/mol. The number of hydrogen-bond acceptors (Lipinski definition) is 4. The molecule has 1 atom stereocenters. The van der Waals surface area contributed by atoms with Gasteiger partial charge in [-0.25, -0.2) is 0 Å². The Labute approximate surface area is 117 Å². The van der Waals surface area contributed by atoms with Crippen LogP contribution in [0.1, 0.15) is 33.6 Å². The van der Waals surface area contributed by atoms with Crippen LogP contribution >= 0.6 is 0 Å². The van der Waals surface area contributed by atoms with E-state index in [0.29, 0.717) is 6.42 Å². The number of carboxylic acid groups (broad SMARTS) is 1. The van der Waals surface area contributed by atoms with Crippen molar-refractivity contribution < 1.29 is 9.90 Å². The smallest absolute Gasteiger partial charge is 0.323 e. The van der Waals surface area contributed by atoms with Gasteiger partial charge in [0.15, 0.2) is 0 Å². The number of rotatable bonds is 6. The summed E-state index contributed by atoms with van der Waals surface area (Å²) in [5.41, 5.74) is -0.827. The first-order chi connectivity index (χ1) is 8.83.